The molecule has 0 aliphatic rings. The Balaban J connectivity index is 0.000000892. The molecule has 0 saturated carbocycles. The number of methoxy groups -OCH3 is 1. The summed E-state index contributed by atoms with van der Waals surface area (Å²) in [5, 5.41) is 8.39. The lowest BCUT2D eigenvalue weighted by Gasteiger charge is -2.27. The minimum atomic E-state index is -4.94. The van der Waals surface area contributed by atoms with Crippen LogP contribution in [0, 0.1) is 16.2 Å². The average molecular weight is 658 g/mol. The molecule has 0 radical (unpaired) electrons. The number of halogens is 1. The van der Waals surface area contributed by atoms with E-state index in [9.17, 15) is 4.79 Å². The zero-order valence-electron chi connectivity index (χ0n) is 25.9. The summed E-state index contributed by atoms with van der Waals surface area (Å²) in [6.07, 6.45) is 0. The number of hydrogen-bond acceptors (Lipinski definition) is 6. The van der Waals surface area contributed by atoms with Crippen LogP contribution in [-0.4, -0.2) is 25.7 Å². The fraction of sp³-hybridized carbons (Fsp3) is 0.162. The molecule has 0 spiro atoms. The molecule has 5 rings (SSSR count). The van der Waals surface area contributed by atoms with Gasteiger partial charge in [-0.1, -0.05) is 92.7 Å². The van der Waals surface area contributed by atoms with Gasteiger partial charge in [0.25, 0.3) is 5.91 Å². The molecule has 0 bridgehead atoms. The minimum absolute atomic E-state index is 0.0258. The normalized spacial score (nSPS) is 12.2. The molecule has 1 N–H and O–H groups in total. The van der Waals surface area contributed by atoms with Gasteiger partial charge in [0.05, 0.1) is 12.6 Å². The number of amides is 1. The first-order valence-electron chi connectivity index (χ1n) is 14.7. The molecule has 1 atom stereocenters. The second kappa shape index (κ2) is 16.1. The summed E-state index contributed by atoms with van der Waals surface area (Å²) in [5.74, 6) is 0.208. The third-order valence-corrected chi connectivity index (χ3v) is 11.9. The van der Waals surface area contributed by atoms with Crippen molar-refractivity contribution in [3.05, 3.63) is 145 Å². The van der Waals surface area contributed by atoms with Gasteiger partial charge in [0.1, 0.15) is 28.5 Å². The molecule has 46 heavy (non-hydrogen) atoms. The first kappa shape index (κ1) is 35.0. The lowest BCUT2D eigenvalue weighted by atomic mass is 10.0. The molecule has 0 aliphatic carbocycles. The molecule has 7 nitrogen and oxygen atoms in total. The SMILES string of the molecule is COC[C@@H](NC(=O)c1ccc(-c2ccc([P+](c3ccccc3)(c3ccccc3)c3ccccc3)cc2)cc1)C(C)C.[O-][Cl+3]([O-])([O-])[O-]. The number of benzene rings is 5. The molecule has 5 aromatic rings. The van der Waals surface area contributed by atoms with Gasteiger partial charge in [0, 0.05) is 12.7 Å². The Labute approximate surface area is 273 Å². The van der Waals surface area contributed by atoms with Gasteiger partial charge in [-0.2, -0.15) is 0 Å². The monoisotopic (exact) mass is 657 g/mol. The average Bonchev–Trinajstić information content (AvgIpc) is 3.06. The quantitative estimate of drug-likeness (QED) is 0.227. The van der Waals surface area contributed by atoms with E-state index in [2.05, 4.69) is 134 Å². The van der Waals surface area contributed by atoms with Crippen molar-refractivity contribution in [2.45, 2.75) is 19.9 Å². The number of hydrogen-bond donors (Lipinski definition) is 1. The van der Waals surface area contributed by atoms with Crippen molar-refractivity contribution in [3.63, 3.8) is 0 Å². The molecular weight excluding hydrogens is 621 g/mol. The molecular formula is C37H37ClNO6P. The summed E-state index contributed by atoms with van der Waals surface area (Å²) >= 11 is 0. The van der Waals surface area contributed by atoms with Gasteiger partial charge < -0.3 is 10.1 Å². The maximum absolute atomic E-state index is 12.9. The van der Waals surface area contributed by atoms with Crippen molar-refractivity contribution >= 4 is 34.4 Å². The van der Waals surface area contributed by atoms with Crippen LogP contribution >= 0.6 is 7.26 Å². The van der Waals surface area contributed by atoms with Crippen LogP contribution in [0.15, 0.2) is 140 Å². The van der Waals surface area contributed by atoms with E-state index in [0.717, 1.165) is 11.1 Å². The smallest absolute Gasteiger partial charge is 0.251 e. The molecule has 0 unspecified atom stereocenters. The fourth-order valence-electron chi connectivity index (χ4n) is 5.37. The third-order valence-electron chi connectivity index (χ3n) is 7.63. The largest absolute Gasteiger partial charge is 0.383 e. The first-order chi connectivity index (χ1) is 22.0. The predicted octanol–water partition coefficient (Wildman–Crippen LogP) is 1.62. The highest BCUT2D eigenvalue weighted by molar-refractivity contribution is 8.01. The lowest BCUT2D eigenvalue weighted by molar-refractivity contribution is -2.00. The summed E-state index contributed by atoms with van der Waals surface area (Å²) in [6, 6.07) is 49.5. The van der Waals surface area contributed by atoms with Crippen LogP contribution in [0.2, 0.25) is 0 Å². The Hall–Kier alpha value is -3.91. The zero-order chi connectivity index (χ0) is 33.2. The molecule has 9 heteroatoms. The molecule has 5 aromatic carbocycles. The minimum Gasteiger partial charge on any atom is -0.383 e. The summed E-state index contributed by atoms with van der Waals surface area (Å²) in [4.78, 5) is 12.9. The van der Waals surface area contributed by atoms with E-state index in [-0.39, 0.29) is 17.9 Å². The van der Waals surface area contributed by atoms with Gasteiger partial charge >= 0.3 is 0 Å². The Morgan fingerprint density at radius 3 is 1.33 bits per heavy atom. The van der Waals surface area contributed by atoms with Crippen molar-refractivity contribution in [1.29, 1.82) is 0 Å². The van der Waals surface area contributed by atoms with Crippen LogP contribution in [0.1, 0.15) is 24.2 Å². The molecule has 0 aliphatic heterocycles. The maximum atomic E-state index is 12.9. The van der Waals surface area contributed by atoms with Crippen molar-refractivity contribution < 1.29 is 38.4 Å². The first-order valence-corrected chi connectivity index (χ1v) is 17.7. The Bertz CT molecular complexity index is 1540. The fourth-order valence-corrected chi connectivity index (χ4v) is 9.62. The second-order valence-corrected chi connectivity index (χ2v) is 15.1. The van der Waals surface area contributed by atoms with E-state index in [1.807, 2.05) is 24.3 Å². The van der Waals surface area contributed by atoms with Crippen molar-refractivity contribution in [1.82, 2.24) is 5.32 Å². The molecule has 0 fully saturated rings. The maximum Gasteiger partial charge on any atom is 0.251 e. The highest BCUT2D eigenvalue weighted by atomic mass is 35.7. The number of carbonyl (C=O) groups is 1. The predicted molar refractivity (Wildman–Crippen MR) is 175 cm³/mol. The highest BCUT2D eigenvalue weighted by Gasteiger charge is 2.47. The molecule has 238 valence electrons. The standard InChI is InChI=1S/C37H36NO2P.ClHO4/c1-28(2)36(27-40-3)38-37(39)31-21-19-29(20-22-31)30-23-25-35(26-24-30)41(32-13-7-4-8-14-32,33-15-9-5-10-16-33)34-17-11-6-12-18-34;2-1(3,4)5/h4-26,28,36H,27H2,1-3H3;(H,2,3,4,5)/t36-;/m1./s1. The van der Waals surface area contributed by atoms with Crippen LogP contribution in [0.3, 0.4) is 0 Å². The van der Waals surface area contributed by atoms with Gasteiger partial charge in [0.2, 0.25) is 0 Å². The number of carbonyl (C=O) groups excluding carboxylic acids is 1. The van der Waals surface area contributed by atoms with E-state index < -0.39 is 17.5 Å². The van der Waals surface area contributed by atoms with Crippen LogP contribution < -0.4 is 45.2 Å². The van der Waals surface area contributed by atoms with Crippen molar-refractivity contribution in [2.24, 2.45) is 5.92 Å². The highest BCUT2D eigenvalue weighted by Crippen LogP contribution is 2.54. The third kappa shape index (κ3) is 8.87. The van der Waals surface area contributed by atoms with E-state index in [1.165, 1.54) is 21.2 Å². The van der Waals surface area contributed by atoms with Gasteiger partial charge in [-0.15, -0.1) is 10.2 Å². The lowest BCUT2D eigenvalue weighted by Crippen LogP contribution is -2.68. The number of ether oxygens (including phenoxy) is 1. The van der Waals surface area contributed by atoms with E-state index >= 15 is 0 Å². The number of rotatable bonds is 10. The van der Waals surface area contributed by atoms with E-state index in [0.29, 0.717) is 12.2 Å². The summed E-state index contributed by atoms with van der Waals surface area (Å²) < 4.78 is 39.3. The van der Waals surface area contributed by atoms with Crippen LogP contribution in [0.5, 0.6) is 0 Å². The number of nitrogens with one attached hydrogen (secondary N) is 1. The van der Waals surface area contributed by atoms with E-state index in [4.69, 9.17) is 23.4 Å². The van der Waals surface area contributed by atoms with Gasteiger partial charge in [-0.05, 0) is 77.7 Å². The van der Waals surface area contributed by atoms with Crippen molar-refractivity contribution in [3.8, 4) is 11.1 Å². The van der Waals surface area contributed by atoms with Gasteiger partial charge in [-0.3, -0.25) is 4.79 Å². The van der Waals surface area contributed by atoms with Crippen LogP contribution in [0.25, 0.3) is 11.1 Å². The van der Waals surface area contributed by atoms with Gasteiger partial charge in [-0.25, -0.2) is 18.6 Å². The Kier molecular flexibility index (Phi) is 12.2. The topological polar surface area (TPSA) is 131 Å². The Morgan fingerprint density at radius 1 is 0.630 bits per heavy atom. The van der Waals surface area contributed by atoms with Crippen LogP contribution in [-0.2, 0) is 4.74 Å². The Morgan fingerprint density at radius 2 is 0.978 bits per heavy atom. The molecule has 0 saturated heterocycles. The zero-order valence-corrected chi connectivity index (χ0v) is 27.6. The van der Waals surface area contributed by atoms with Crippen molar-refractivity contribution in [2.75, 3.05) is 13.7 Å². The molecule has 0 heterocycles. The summed E-state index contributed by atoms with van der Waals surface area (Å²) in [5.41, 5.74) is 2.84. The second-order valence-electron chi connectivity index (χ2n) is 11.0. The summed E-state index contributed by atoms with van der Waals surface area (Å²) in [7, 11) is -5.41. The van der Waals surface area contributed by atoms with Gasteiger partial charge in [0.15, 0.2) is 0 Å². The summed E-state index contributed by atoms with van der Waals surface area (Å²) in [6.45, 7) is 4.66. The van der Waals surface area contributed by atoms with E-state index in [1.54, 1.807) is 7.11 Å². The van der Waals surface area contributed by atoms with Crippen LogP contribution in [0.4, 0.5) is 0 Å². The molecule has 0 aromatic heterocycles. The molecule has 1 amide bonds.